The Labute approximate surface area is 93.7 Å². The predicted octanol–water partition coefficient (Wildman–Crippen LogP) is 3.45. The first-order valence-electron chi connectivity index (χ1n) is 4.65. The van der Waals surface area contributed by atoms with E-state index in [4.69, 9.17) is 0 Å². The van der Waals surface area contributed by atoms with E-state index in [0.29, 0.717) is 0 Å². The van der Waals surface area contributed by atoms with Crippen LogP contribution in [0, 0.1) is 0 Å². The molecule has 0 unspecified atom stereocenters. The third-order valence-electron chi connectivity index (χ3n) is 2.68. The van der Waals surface area contributed by atoms with Gasteiger partial charge in [-0.25, -0.2) is 0 Å². The smallest absolute Gasteiger partial charge is 0.139 e. The van der Waals surface area contributed by atoms with Crippen LogP contribution in [-0.2, 0) is 15.5 Å². The van der Waals surface area contributed by atoms with Gasteiger partial charge in [-0.15, -0.1) is 0 Å². The van der Waals surface area contributed by atoms with E-state index in [1.807, 2.05) is 26.0 Å². The highest BCUT2D eigenvalue weighted by molar-refractivity contribution is 9.08. The molecule has 0 heterocycles. The van der Waals surface area contributed by atoms with Crippen molar-refractivity contribution in [2.45, 2.75) is 31.5 Å². The first-order chi connectivity index (χ1) is 6.48. The van der Waals surface area contributed by atoms with E-state index in [1.165, 1.54) is 5.56 Å². The molecule has 1 rings (SSSR count). The van der Waals surface area contributed by atoms with Crippen LogP contribution in [-0.4, -0.2) is 5.78 Å². The van der Waals surface area contributed by atoms with Crippen LogP contribution in [0.5, 0.6) is 0 Å². The van der Waals surface area contributed by atoms with Gasteiger partial charge in [0.15, 0.2) is 0 Å². The summed E-state index contributed by atoms with van der Waals surface area (Å²) < 4.78 is 0. The minimum absolute atomic E-state index is 0.198. The van der Waals surface area contributed by atoms with Crippen molar-refractivity contribution in [1.29, 1.82) is 0 Å². The predicted molar refractivity (Wildman–Crippen MR) is 62.8 cm³/mol. The number of alkyl halides is 1. The van der Waals surface area contributed by atoms with Crippen molar-refractivity contribution in [2.75, 3.05) is 0 Å². The van der Waals surface area contributed by atoms with Crippen molar-refractivity contribution < 1.29 is 4.79 Å². The Morgan fingerprint density at radius 2 is 2.07 bits per heavy atom. The lowest BCUT2D eigenvalue weighted by Gasteiger charge is -2.22. The summed E-state index contributed by atoms with van der Waals surface area (Å²) in [4.78, 5) is 11.5. The van der Waals surface area contributed by atoms with Crippen LogP contribution in [0.2, 0.25) is 0 Å². The summed E-state index contributed by atoms with van der Waals surface area (Å²) >= 11 is 3.41. The molecule has 0 spiro atoms. The van der Waals surface area contributed by atoms with E-state index in [0.717, 1.165) is 10.9 Å². The molecule has 0 aromatic heterocycles. The Morgan fingerprint density at radius 1 is 1.43 bits per heavy atom. The summed E-state index contributed by atoms with van der Waals surface area (Å²) in [5.74, 6) is 0.198. The summed E-state index contributed by atoms with van der Waals surface area (Å²) in [6.07, 6.45) is 0. The van der Waals surface area contributed by atoms with Gasteiger partial charge in [0, 0.05) is 10.7 Å². The van der Waals surface area contributed by atoms with Crippen LogP contribution in [0.4, 0.5) is 0 Å². The number of carbonyl (C=O) groups excluding carboxylic acids is 1. The maximum absolute atomic E-state index is 11.5. The lowest BCUT2D eigenvalue weighted by atomic mass is 9.81. The van der Waals surface area contributed by atoms with Gasteiger partial charge in [0.2, 0.25) is 0 Å². The molecule has 0 aliphatic rings. The van der Waals surface area contributed by atoms with Gasteiger partial charge in [0.05, 0.1) is 0 Å². The minimum atomic E-state index is -0.377. The fourth-order valence-electron chi connectivity index (χ4n) is 1.25. The van der Waals surface area contributed by atoms with Crippen LogP contribution in [0.15, 0.2) is 24.3 Å². The zero-order valence-corrected chi connectivity index (χ0v) is 10.4. The summed E-state index contributed by atoms with van der Waals surface area (Å²) in [5.41, 5.74) is 1.91. The Kier molecular flexibility index (Phi) is 3.48. The summed E-state index contributed by atoms with van der Waals surface area (Å²) in [7, 11) is 0. The van der Waals surface area contributed by atoms with E-state index in [2.05, 4.69) is 28.1 Å². The zero-order valence-electron chi connectivity index (χ0n) is 8.80. The number of ketones is 1. The second kappa shape index (κ2) is 4.26. The van der Waals surface area contributed by atoms with Gasteiger partial charge < -0.3 is 0 Å². The van der Waals surface area contributed by atoms with Crippen molar-refractivity contribution >= 4 is 21.7 Å². The molecule has 1 aromatic carbocycles. The molecule has 76 valence electrons. The van der Waals surface area contributed by atoms with Crippen molar-refractivity contribution in [3.05, 3.63) is 35.4 Å². The van der Waals surface area contributed by atoms with E-state index in [-0.39, 0.29) is 11.2 Å². The number of benzene rings is 1. The standard InChI is InChI=1S/C12H15BrO/c1-9(14)12(2,3)11-6-4-5-10(7-11)8-13/h4-7H,8H2,1-3H3. The molecule has 0 fully saturated rings. The van der Waals surface area contributed by atoms with E-state index in [9.17, 15) is 4.79 Å². The molecule has 0 saturated heterocycles. The monoisotopic (exact) mass is 254 g/mol. The molecule has 0 N–H and O–H groups in total. The lowest BCUT2D eigenvalue weighted by molar-refractivity contribution is -0.121. The molecular formula is C12H15BrO. The van der Waals surface area contributed by atoms with E-state index < -0.39 is 0 Å². The molecule has 0 atom stereocenters. The van der Waals surface area contributed by atoms with Gasteiger partial charge in [-0.1, -0.05) is 40.2 Å². The number of halogens is 1. The molecule has 1 aromatic rings. The highest BCUT2D eigenvalue weighted by Gasteiger charge is 2.25. The van der Waals surface area contributed by atoms with Crippen LogP contribution < -0.4 is 0 Å². The van der Waals surface area contributed by atoms with Crippen LogP contribution >= 0.6 is 15.9 Å². The minimum Gasteiger partial charge on any atom is -0.299 e. The molecule has 1 nitrogen and oxygen atoms in total. The Morgan fingerprint density at radius 3 is 2.57 bits per heavy atom. The van der Waals surface area contributed by atoms with Gasteiger partial charge in [-0.2, -0.15) is 0 Å². The molecule has 0 amide bonds. The molecule has 0 aliphatic carbocycles. The highest BCUT2D eigenvalue weighted by Crippen LogP contribution is 2.25. The Balaban J connectivity index is 3.12. The molecule has 0 radical (unpaired) electrons. The van der Waals surface area contributed by atoms with Gasteiger partial charge in [0.1, 0.15) is 5.78 Å². The van der Waals surface area contributed by atoms with Gasteiger partial charge in [-0.05, 0) is 31.9 Å². The number of carbonyl (C=O) groups is 1. The van der Waals surface area contributed by atoms with Gasteiger partial charge in [0.25, 0.3) is 0 Å². The number of hydrogen-bond donors (Lipinski definition) is 0. The summed E-state index contributed by atoms with van der Waals surface area (Å²) in [6.45, 7) is 5.56. The van der Waals surface area contributed by atoms with Crippen LogP contribution in [0.3, 0.4) is 0 Å². The first kappa shape index (κ1) is 11.4. The zero-order chi connectivity index (χ0) is 10.8. The van der Waals surface area contributed by atoms with Crippen molar-refractivity contribution in [3.8, 4) is 0 Å². The number of hydrogen-bond acceptors (Lipinski definition) is 1. The van der Waals surface area contributed by atoms with Crippen LogP contribution in [0.25, 0.3) is 0 Å². The van der Waals surface area contributed by atoms with E-state index in [1.54, 1.807) is 6.92 Å². The van der Waals surface area contributed by atoms with E-state index >= 15 is 0 Å². The fraction of sp³-hybridized carbons (Fsp3) is 0.417. The molecule has 0 saturated carbocycles. The number of Topliss-reactive ketones (excluding diaryl/α,β-unsaturated/α-hetero) is 1. The normalized spacial score (nSPS) is 11.4. The summed E-state index contributed by atoms with van der Waals surface area (Å²) in [6, 6.07) is 8.13. The second-order valence-corrected chi connectivity index (χ2v) is 4.58. The third kappa shape index (κ3) is 2.24. The van der Waals surface area contributed by atoms with Crippen LogP contribution in [0.1, 0.15) is 31.9 Å². The third-order valence-corrected chi connectivity index (χ3v) is 3.33. The molecular weight excluding hydrogens is 240 g/mol. The maximum atomic E-state index is 11.5. The molecule has 2 heteroatoms. The molecule has 0 aliphatic heterocycles. The largest absolute Gasteiger partial charge is 0.299 e. The second-order valence-electron chi connectivity index (χ2n) is 4.02. The molecule has 14 heavy (non-hydrogen) atoms. The molecule has 0 bridgehead atoms. The average Bonchev–Trinajstić information content (AvgIpc) is 2.17. The number of rotatable bonds is 3. The van der Waals surface area contributed by atoms with Crippen molar-refractivity contribution in [3.63, 3.8) is 0 Å². The Hall–Kier alpha value is -0.630. The lowest BCUT2D eigenvalue weighted by Crippen LogP contribution is -2.26. The SMILES string of the molecule is CC(=O)C(C)(C)c1cccc(CBr)c1. The average molecular weight is 255 g/mol. The Bertz CT molecular complexity index is 342. The van der Waals surface area contributed by atoms with Gasteiger partial charge in [-0.3, -0.25) is 4.79 Å². The fourth-order valence-corrected chi connectivity index (χ4v) is 1.60. The quantitative estimate of drug-likeness (QED) is 0.756. The topological polar surface area (TPSA) is 17.1 Å². The maximum Gasteiger partial charge on any atom is 0.139 e. The van der Waals surface area contributed by atoms with Crippen molar-refractivity contribution in [1.82, 2.24) is 0 Å². The highest BCUT2D eigenvalue weighted by atomic mass is 79.9. The summed E-state index contributed by atoms with van der Waals surface area (Å²) in [5, 5.41) is 0.828. The first-order valence-corrected chi connectivity index (χ1v) is 5.77. The van der Waals surface area contributed by atoms with Crippen molar-refractivity contribution in [2.24, 2.45) is 0 Å². The van der Waals surface area contributed by atoms with Gasteiger partial charge >= 0.3 is 0 Å².